The molecule has 27 heavy (non-hydrogen) atoms. The molecule has 0 bridgehead atoms. The SMILES string of the molecule is COc1ccc(OC[C@@H](CO[Si](C(C)C)(C(C)C)C(C)C)[C@H]2O[C@H]2C)cc1. The molecule has 2 rings (SSSR count). The molecule has 4 nitrogen and oxygen atoms in total. The summed E-state index contributed by atoms with van der Waals surface area (Å²) in [6, 6.07) is 7.74. The Bertz CT molecular complexity index is 548. The lowest BCUT2D eigenvalue weighted by Gasteiger charge is -2.43. The molecule has 1 fully saturated rings. The number of hydrogen-bond acceptors (Lipinski definition) is 4. The van der Waals surface area contributed by atoms with Crippen LogP contribution in [0.15, 0.2) is 24.3 Å². The maximum absolute atomic E-state index is 6.81. The molecule has 0 unspecified atom stereocenters. The fourth-order valence-corrected chi connectivity index (χ4v) is 10.1. The number of methoxy groups -OCH3 is 1. The van der Waals surface area contributed by atoms with Crippen LogP contribution in [0.5, 0.6) is 11.5 Å². The van der Waals surface area contributed by atoms with Crippen molar-refractivity contribution in [2.75, 3.05) is 20.3 Å². The highest BCUT2D eigenvalue weighted by Gasteiger charge is 2.48. The van der Waals surface area contributed by atoms with Gasteiger partial charge in [0.15, 0.2) is 8.32 Å². The van der Waals surface area contributed by atoms with E-state index in [2.05, 4.69) is 48.5 Å². The summed E-state index contributed by atoms with van der Waals surface area (Å²) in [5, 5.41) is 0. The van der Waals surface area contributed by atoms with E-state index < -0.39 is 8.32 Å². The van der Waals surface area contributed by atoms with Crippen molar-refractivity contribution in [2.45, 2.75) is 77.3 Å². The molecule has 0 aromatic heterocycles. The van der Waals surface area contributed by atoms with Crippen LogP contribution in [0.1, 0.15) is 48.5 Å². The van der Waals surface area contributed by atoms with Crippen molar-refractivity contribution in [1.29, 1.82) is 0 Å². The van der Waals surface area contributed by atoms with E-state index in [4.69, 9.17) is 18.6 Å². The fraction of sp³-hybridized carbons (Fsp3) is 0.727. The highest BCUT2D eigenvalue weighted by molar-refractivity contribution is 6.77. The Kier molecular flexibility index (Phi) is 7.78. The Hall–Kier alpha value is -1.04. The molecular formula is C22H38O4Si. The topological polar surface area (TPSA) is 40.2 Å². The third kappa shape index (κ3) is 5.27. The molecule has 5 heteroatoms. The van der Waals surface area contributed by atoms with Crippen molar-refractivity contribution < 1.29 is 18.6 Å². The van der Waals surface area contributed by atoms with Crippen molar-refractivity contribution in [1.82, 2.24) is 0 Å². The molecule has 0 amide bonds. The first-order valence-corrected chi connectivity index (χ1v) is 12.4. The quantitative estimate of drug-likeness (QED) is 0.358. The van der Waals surface area contributed by atoms with E-state index in [0.717, 1.165) is 11.5 Å². The Morgan fingerprint density at radius 2 is 1.37 bits per heavy atom. The zero-order chi connectivity index (χ0) is 20.2. The van der Waals surface area contributed by atoms with Gasteiger partial charge in [-0.3, -0.25) is 0 Å². The van der Waals surface area contributed by atoms with Crippen LogP contribution in [0, 0.1) is 5.92 Å². The van der Waals surface area contributed by atoms with Gasteiger partial charge in [-0.05, 0) is 47.8 Å². The molecular weight excluding hydrogens is 356 g/mol. The minimum atomic E-state index is -1.88. The largest absolute Gasteiger partial charge is 0.497 e. The lowest BCUT2D eigenvalue weighted by Crippen LogP contribution is -2.49. The third-order valence-electron chi connectivity index (χ3n) is 6.00. The van der Waals surface area contributed by atoms with Gasteiger partial charge in [-0.2, -0.15) is 0 Å². The van der Waals surface area contributed by atoms with Crippen molar-refractivity contribution in [3.8, 4) is 11.5 Å². The van der Waals surface area contributed by atoms with Gasteiger partial charge in [0, 0.05) is 12.5 Å². The van der Waals surface area contributed by atoms with Crippen molar-refractivity contribution in [3.63, 3.8) is 0 Å². The molecule has 0 radical (unpaired) electrons. The van der Waals surface area contributed by atoms with Gasteiger partial charge in [0.1, 0.15) is 11.5 Å². The second kappa shape index (κ2) is 9.44. The van der Waals surface area contributed by atoms with Gasteiger partial charge in [0.25, 0.3) is 0 Å². The van der Waals surface area contributed by atoms with Gasteiger partial charge in [0.05, 0.1) is 25.9 Å². The number of rotatable bonds is 11. The van der Waals surface area contributed by atoms with Gasteiger partial charge in [-0.1, -0.05) is 41.5 Å². The van der Waals surface area contributed by atoms with Crippen LogP contribution in [0.25, 0.3) is 0 Å². The zero-order valence-electron chi connectivity index (χ0n) is 18.3. The van der Waals surface area contributed by atoms with Gasteiger partial charge in [-0.15, -0.1) is 0 Å². The summed E-state index contributed by atoms with van der Waals surface area (Å²) < 4.78 is 23.9. The number of ether oxygens (including phenoxy) is 3. The van der Waals surface area contributed by atoms with E-state index in [1.807, 2.05) is 24.3 Å². The van der Waals surface area contributed by atoms with Crippen LogP contribution >= 0.6 is 0 Å². The summed E-state index contributed by atoms with van der Waals surface area (Å²) >= 11 is 0. The van der Waals surface area contributed by atoms with Crippen LogP contribution < -0.4 is 9.47 Å². The second-order valence-electron chi connectivity index (χ2n) is 8.68. The average molecular weight is 395 g/mol. The molecule has 3 atom stereocenters. The van der Waals surface area contributed by atoms with Crippen LogP contribution in [0.4, 0.5) is 0 Å². The monoisotopic (exact) mass is 394 g/mol. The molecule has 1 aromatic rings. The Morgan fingerprint density at radius 1 is 0.889 bits per heavy atom. The van der Waals surface area contributed by atoms with E-state index in [9.17, 15) is 0 Å². The summed E-state index contributed by atoms with van der Waals surface area (Å²) in [5.74, 6) is 1.95. The van der Waals surface area contributed by atoms with E-state index in [1.54, 1.807) is 7.11 Å². The maximum Gasteiger partial charge on any atom is 0.200 e. The second-order valence-corrected chi connectivity index (χ2v) is 14.1. The van der Waals surface area contributed by atoms with E-state index >= 15 is 0 Å². The number of hydrogen-bond donors (Lipinski definition) is 0. The first-order chi connectivity index (χ1) is 12.7. The molecule has 0 aliphatic carbocycles. The molecule has 1 aliphatic rings. The van der Waals surface area contributed by atoms with Crippen molar-refractivity contribution in [2.24, 2.45) is 5.92 Å². The van der Waals surface area contributed by atoms with Gasteiger partial charge >= 0.3 is 0 Å². The van der Waals surface area contributed by atoms with Gasteiger partial charge < -0.3 is 18.6 Å². The normalized spacial score (nSPS) is 21.0. The lowest BCUT2D eigenvalue weighted by atomic mass is 10.1. The van der Waals surface area contributed by atoms with Crippen LogP contribution in [-0.4, -0.2) is 40.8 Å². The van der Waals surface area contributed by atoms with E-state index in [1.165, 1.54) is 0 Å². The zero-order valence-corrected chi connectivity index (χ0v) is 19.3. The van der Waals surface area contributed by atoms with Crippen LogP contribution in [0.3, 0.4) is 0 Å². The van der Waals surface area contributed by atoms with Crippen LogP contribution in [-0.2, 0) is 9.16 Å². The summed E-state index contributed by atoms with van der Waals surface area (Å²) in [5.41, 5.74) is 1.75. The third-order valence-corrected chi connectivity index (χ3v) is 12.1. The fourth-order valence-electron chi connectivity index (χ4n) is 4.56. The van der Waals surface area contributed by atoms with Crippen molar-refractivity contribution >= 4 is 8.32 Å². The maximum atomic E-state index is 6.81. The molecule has 1 aromatic carbocycles. The highest BCUT2D eigenvalue weighted by atomic mass is 28.4. The van der Waals surface area contributed by atoms with Gasteiger partial charge in [-0.25, -0.2) is 0 Å². The molecule has 1 heterocycles. The predicted octanol–water partition coefficient (Wildman–Crippen LogP) is 5.67. The Labute approximate surface area is 166 Å². The lowest BCUT2D eigenvalue weighted by molar-refractivity contribution is 0.137. The standard InChI is InChI=1S/C22H38O4Si/c1-15(2)27(16(3)4,17(5)6)25-14-19(22-18(7)26-22)13-24-21-11-9-20(23-8)10-12-21/h9-12,15-19,22H,13-14H2,1-8H3/t18-,19-,22-/m0/s1. The molecule has 1 aliphatic heterocycles. The average Bonchev–Trinajstić information content (AvgIpc) is 3.34. The molecule has 154 valence electrons. The number of epoxide rings is 1. The summed E-state index contributed by atoms with van der Waals surface area (Å²) in [6.07, 6.45) is 0.535. The summed E-state index contributed by atoms with van der Waals surface area (Å²) in [4.78, 5) is 0. The molecule has 0 N–H and O–H groups in total. The number of benzene rings is 1. The first kappa shape index (κ1) is 22.2. The predicted molar refractivity (Wildman–Crippen MR) is 113 cm³/mol. The molecule has 1 saturated heterocycles. The minimum absolute atomic E-state index is 0.237. The minimum Gasteiger partial charge on any atom is -0.497 e. The smallest absolute Gasteiger partial charge is 0.200 e. The highest BCUT2D eigenvalue weighted by Crippen LogP contribution is 2.43. The molecule has 0 saturated carbocycles. The Balaban J connectivity index is 2.03. The summed E-state index contributed by atoms with van der Waals surface area (Å²) in [7, 11) is -0.209. The molecule has 0 spiro atoms. The van der Waals surface area contributed by atoms with E-state index in [0.29, 0.717) is 35.9 Å². The van der Waals surface area contributed by atoms with E-state index in [-0.39, 0.29) is 12.0 Å². The Morgan fingerprint density at radius 3 is 1.78 bits per heavy atom. The van der Waals surface area contributed by atoms with Crippen molar-refractivity contribution in [3.05, 3.63) is 24.3 Å². The first-order valence-electron chi connectivity index (χ1n) is 10.3. The summed E-state index contributed by atoms with van der Waals surface area (Å²) in [6.45, 7) is 17.4. The van der Waals surface area contributed by atoms with Crippen LogP contribution in [0.2, 0.25) is 16.6 Å². The van der Waals surface area contributed by atoms with Gasteiger partial charge in [0.2, 0.25) is 0 Å².